The van der Waals surface area contributed by atoms with Gasteiger partial charge in [0.05, 0.1) is 0 Å². The number of benzene rings is 1. The molecule has 0 spiro atoms. The fraction of sp³-hybridized carbons (Fsp3) is 0. The number of sulfonamides is 1. The maximum atomic E-state index is 12.2. The second kappa shape index (κ2) is 5.74. The molecule has 100 valence electrons. The van der Waals surface area contributed by atoms with Crippen molar-refractivity contribution in [2.24, 2.45) is 0 Å². The molecule has 2 rings (SSSR count). The Bertz CT molecular complexity index is 707. The number of hydrogen-bond acceptors (Lipinski definition) is 4. The summed E-state index contributed by atoms with van der Waals surface area (Å²) in [6, 6.07) is 7.62. The molecule has 0 aliphatic rings. The minimum Gasteiger partial charge on any atom is -0.262 e. The van der Waals surface area contributed by atoms with Crippen LogP contribution in [0.15, 0.2) is 44.2 Å². The molecule has 0 saturated carbocycles. The van der Waals surface area contributed by atoms with Crippen LogP contribution in [0.25, 0.3) is 0 Å². The van der Waals surface area contributed by atoms with Crippen LogP contribution in [0.4, 0.5) is 5.82 Å². The molecule has 0 amide bonds. The normalized spacial score (nSPS) is 11.3. The SMILES string of the molecule is O=S(=O)(Nc1ccc(Cl)nn1)c1ccc(Br)cc1Br. The molecule has 1 aromatic heterocycles. The fourth-order valence-electron chi connectivity index (χ4n) is 1.26. The van der Waals surface area contributed by atoms with E-state index < -0.39 is 10.0 Å². The molecule has 9 heteroatoms. The highest BCUT2D eigenvalue weighted by Gasteiger charge is 2.18. The Kier molecular flexibility index (Phi) is 4.44. The van der Waals surface area contributed by atoms with Gasteiger partial charge in [-0.1, -0.05) is 27.5 Å². The molecule has 1 aromatic carbocycles. The molecule has 2 aromatic rings. The lowest BCUT2D eigenvalue weighted by Gasteiger charge is -2.08. The first-order chi connectivity index (χ1) is 8.88. The van der Waals surface area contributed by atoms with Crippen molar-refractivity contribution >= 4 is 59.3 Å². The van der Waals surface area contributed by atoms with Crippen LogP contribution in [0, 0.1) is 0 Å². The standard InChI is InChI=1S/C10H6Br2ClN3O2S/c11-6-1-2-8(7(12)5-6)19(17,18)16-10-4-3-9(13)14-15-10/h1-5H,(H,15,16). The van der Waals surface area contributed by atoms with E-state index in [9.17, 15) is 8.42 Å². The van der Waals surface area contributed by atoms with Crippen molar-refractivity contribution in [2.45, 2.75) is 4.90 Å². The third-order valence-electron chi connectivity index (χ3n) is 2.05. The Hall–Kier alpha value is -0.700. The van der Waals surface area contributed by atoms with Gasteiger partial charge >= 0.3 is 0 Å². The molecule has 0 aliphatic heterocycles. The van der Waals surface area contributed by atoms with E-state index >= 15 is 0 Å². The summed E-state index contributed by atoms with van der Waals surface area (Å²) >= 11 is 12.0. The largest absolute Gasteiger partial charge is 0.264 e. The highest BCUT2D eigenvalue weighted by atomic mass is 79.9. The van der Waals surface area contributed by atoms with Crippen molar-refractivity contribution in [2.75, 3.05) is 4.72 Å². The third-order valence-corrected chi connectivity index (χ3v) is 5.08. The average Bonchev–Trinajstić information content (AvgIpc) is 2.31. The van der Waals surface area contributed by atoms with Crippen molar-refractivity contribution < 1.29 is 8.42 Å². The zero-order chi connectivity index (χ0) is 14.0. The first-order valence-corrected chi connectivity index (χ1v) is 8.30. The summed E-state index contributed by atoms with van der Waals surface area (Å²) in [6.07, 6.45) is 0. The molecule has 5 nitrogen and oxygen atoms in total. The lowest BCUT2D eigenvalue weighted by molar-refractivity contribution is 0.600. The Morgan fingerprint density at radius 1 is 1.11 bits per heavy atom. The summed E-state index contributed by atoms with van der Waals surface area (Å²) in [5, 5.41) is 7.39. The van der Waals surface area contributed by atoms with E-state index in [4.69, 9.17) is 11.6 Å². The van der Waals surface area contributed by atoms with Crippen molar-refractivity contribution in [3.8, 4) is 0 Å². The molecular formula is C10H6Br2ClN3O2S. The smallest absolute Gasteiger partial charge is 0.262 e. The third kappa shape index (κ3) is 3.65. The molecular weight excluding hydrogens is 421 g/mol. The predicted molar refractivity (Wildman–Crippen MR) is 79.7 cm³/mol. The van der Waals surface area contributed by atoms with Gasteiger partial charge in [-0.25, -0.2) is 8.42 Å². The number of nitrogens with one attached hydrogen (secondary N) is 1. The van der Waals surface area contributed by atoms with Crippen LogP contribution in [0.1, 0.15) is 0 Å². The van der Waals surface area contributed by atoms with Gasteiger partial charge in [-0.05, 0) is 46.3 Å². The van der Waals surface area contributed by atoms with Crippen LogP contribution < -0.4 is 4.72 Å². The maximum Gasteiger partial charge on any atom is 0.264 e. The van der Waals surface area contributed by atoms with E-state index in [1.54, 1.807) is 12.1 Å². The average molecular weight is 428 g/mol. The summed E-state index contributed by atoms with van der Waals surface area (Å²) in [5.74, 6) is 0.0965. The number of hydrogen-bond donors (Lipinski definition) is 1. The summed E-state index contributed by atoms with van der Waals surface area (Å²) < 4.78 is 27.8. The van der Waals surface area contributed by atoms with Crippen LogP contribution >= 0.6 is 43.5 Å². The van der Waals surface area contributed by atoms with Crippen LogP contribution in [0.5, 0.6) is 0 Å². The van der Waals surface area contributed by atoms with Gasteiger partial charge in [0.25, 0.3) is 10.0 Å². The topological polar surface area (TPSA) is 72.0 Å². The summed E-state index contributed by atoms with van der Waals surface area (Å²) in [6.45, 7) is 0. The Balaban J connectivity index is 2.35. The van der Waals surface area contributed by atoms with E-state index in [0.717, 1.165) is 4.47 Å². The zero-order valence-electron chi connectivity index (χ0n) is 9.14. The molecule has 0 atom stereocenters. The number of nitrogens with zero attached hydrogens (tertiary/aromatic N) is 2. The Morgan fingerprint density at radius 2 is 1.84 bits per heavy atom. The van der Waals surface area contributed by atoms with Crippen molar-refractivity contribution in [1.82, 2.24) is 10.2 Å². The second-order valence-corrected chi connectivity index (χ2v) is 7.23. The first kappa shape index (κ1) is 14.7. The fourth-order valence-corrected chi connectivity index (χ4v) is 4.10. The number of rotatable bonds is 3. The summed E-state index contributed by atoms with van der Waals surface area (Å²) in [7, 11) is -3.74. The Morgan fingerprint density at radius 3 is 2.42 bits per heavy atom. The van der Waals surface area contributed by atoms with Gasteiger partial charge in [0.2, 0.25) is 0 Å². The quantitative estimate of drug-likeness (QED) is 0.814. The highest BCUT2D eigenvalue weighted by molar-refractivity contribution is 9.11. The summed E-state index contributed by atoms with van der Waals surface area (Å²) in [5.41, 5.74) is 0. The lowest BCUT2D eigenvalue weighted by Crippen LogP contribution is -2.14. The number of anilines is 1. The van der Waals surface area contributed by atoms with Crippen LogP contribution in [0.2, 0.25) is 5.15 Å². The molecule has 1 N–H and O–H groups in total. The Labute approximate surface area is 131 Å². The monoisotopic (exact) mass is 425 g/mol. The van der Waals surface area contributed by atoms with Gasteiger partial charge in [-0.15, -0.1) is 10.2 Å². The first-order valence-electron chi connectivity index (χ1n) is 4.85. The van der Waals surface area contributed by atoms with Gasteiger partial charge in [0.1, 0.15) is 4.90 Å². The van der Waals surface area contributed by atoms with Gasteiger partial charge in [0.15, 0.2) is 11.0 Å². The van der Waals surface area contributed by atoms with Gasteiger partial charge in [0, 0.05) is 8.95 Å². The molecule has 0 radical (unpaired) electrons. The second-order valence-electron chi connectivity index (χ2n) is 3.42. The van der Waals surface area contributed by atoms with E-state index in [-0.39, 0.29) is 15.9 Å². The van der Waals surface area contributed by atoms with Crippen molar-refractivity contribution in [3.05, 3.63) is 44.4 Å². The molecule has 0 saturated heterocycles. The molecule has 0 unspecified atom stereocenters. The minimum absolute atomic E-state index is 0.0965. The van der Waals surface area contributed by atoms with E-state index in [1.165, 1.54) is 18.2 Å². The van der Waals surface area contributed by atoms with Crippen molar-refractivity contribution in [3.63, 3.8) is 0 Å². The van der Waals surface area contributed by atoms with Gasteiger partial charge < -0.3 is 0 Å². The number of aromatic nitrogens is 2. The van der Waals surface area contributed by atoms with E-state index in [1.807, 2.05) is 0 Å². The molecule has 1 heterocycles. The van der Waals surface area contributed by atoms with Crippen LogP contribution in [-0.2, 0) is 10.0 Å². The molecule has 19 heavy (non-hydrogen) atoms. The van der Waals surface area contributed by atoms with Crippen LogP contribution in [-0.4, -0.2) is 18.6 Å². The van der Waals surface area contributed by atoms with Crippen molar-refractivity contribution in [1.29, 1.82) is 0 Å². The summed E-state index contributed by atoms with van der Waals surface area (Å²) in [4.78, 5) is 0.104. The molecule has 0 fully saturated rings. The van der Waals surface area contributed by atoms with Gasteiger partial charge in [-0.2, -0.15) is 0 Å². The van der Waals surface area contributed by atoms with Crippen LogP contribution in [0.3, 0.4) is 0 Å². The molecule has 0 bridgehead atoms. The van der Waals surface area contributed by atoms with Gasteiger partial charge in [-0.3, -0.25) is 4.72 Å². The highest BCUT2D eigenvalue weighted by Crippen LogP contribution is 2.26. The number of halogens is 3. The van der Waals surface area contributed by atoms with E-state index in [2.05, 4.69) is 46.8 Å². The van der Waals surface area contributed by atoms with E-state index in [0.29, 0.717) is 4.47 Å². The lowest BCUT2D eigenvalue weighted by atomic mass is 10.4. The minimum atomic E-state index is -3.74. The predicted octanol–water partition coefficient (Wildman–Crippen LogP) is 3.46. The maximum absolute atomic E-state index is 12.2. The molecule has 0 aliphatic carbocycles. The zero-order valence-corrected chi connectivity index (χ0v) is 13.9.